The van der Waals surface area contributed by atoms with E-state index in [1.54, 1.807) is 0 Å². The minimum absolute atomic E-state index is 0.0541. The number of nitrogens with two attached hydrogens (primary N) is 1. The molecular weight excluding hydrogens is 432 g/mol. The second-order valence-corrected chi connectivity index (χ2v) is 10.4. The fourth-order valence-electron chi connectivity index (χ4n) is 3.66. The standard InChI is InChI=1S/C23H51NO5P2/c1-6-25-21(26-7-2)11-17-30-19-14-23(13-16-24,29-10-5)15-20-31-18-12-22(27-8-3)28-9-4/h21-22,30-31H,6-20,24H2,1-5H3. The van der Waals surface area contributed by atoms with Crippen molar-refractivity contribution in [3.8, 4) is 0 Å². The minimum Gasteiger partial charge on any atom is -0.375 e. The number of rotatable bonds is 24. The minimum atomic E-state index is -0.0675. The van der Waals surface area contributed by atoms with E-state index in [0.29, 0.717) is 33.0 Å². The van der Waals surface area contributed by atoms with Gasteiger partial charge in [-0.1, -0.05) is 0 Å². The van der Waals surface area contributed by atoms with Crippen molar-refractivity contribution in [1.82, 2.24) is 0 Å². The van der Waals surface area contributed by atoms with Crippen LogP contribution >= 0.6 is 17.2 Å². The summed E-state index contributed by atoms with van der Waals surface area (Å²) in [5, 5.41) is 0. The molecule has 0 aliphatic rings. The number of hydrogen-bond acceptors (Lipinski definition) is 6. The Hall–Kier alpha value is 0.620. The van der Waals surface area contributed by atoms with Crippen LogP contribution in [0.3, 0.4) is 0 Å². The number of ether oxygens (including phenoxy) is 5. The summed E-state index contributed by atoms with van der Waals surface area (Å²) in [6.45, 7) is 14.4. The molecule has 0 amide bonds. The van der Waals surface area contributed by atoms with Gasteiger partial charge in [0.05, 0.1) is 5.60 Å². The van der Waals surface area contributed by atoms with Crippen LogP contribution in [0.4, 0.5) is 0 Å². The second-order valence-electron chi connectivity index (χ2n) is 7.41. The maximum absolute atomic E-state index is 6.31. The van der Waals surface area contributed by atoms with Gasteiger partial charge >= 0.3 is 0 Å². The molecule has 0 rings (SSSR count). The van der Waals surface area contributed by atoms with Crippen molar-refractivity contribution in [3.05, 3.63) is 0 Å². The molecule has 0 aromatic rings. The highest BCUT2D eigenvalue weighted by Crippen LogP contribution is 2.32. The van der Waals surface area contributed by atoms with E-state index in [2.05, 4.69) is 6.92 Å². The molecule has 0 radical (unpaired) electrons. The molecule has 2 unspecified atom stereocenters. The van der Waals surface area contributed by atoms with E-state index >= 15 is 0 Å². The predicted molar refractivity (Wildman–Crippen MR) is 137 cm³/mol. The van der Waals surface area contributed by atoms with E-state index in [4.69, 9.17) is 29.4 Å². The maximum atomic E-state index is 6.31. The lowest BCUT2D eigenvalue weighted by Crippen LogP contribution is -2.36. The van der Waals surface area contributed by atoms with Crippen LogP contribution in [0.1, 0.15) is 66.7 Å². The molecule has 0 aliphatic carbocycles. The topological polar surface area (TPSA) is 72.2 Å². The van der Waals surface area contributed by atoms with Crippen molar-refractivity contribution in [2.24, 2.45) is 5.73 Å². The third kappa shape index (κ3) is 16.8. The predicted octanol–water partition coefficient (Wildman–Crippen LogP) is 4.83. The van der Waals surface area contributed by atoms with E-state index < -0.39 is 0 Å². The Bertz CT molecular complexity index is 334. The van der Waals surface area contributed by atoms with Gasteiger partial charge in [0, 0.05) is 45.9 Å². The first-order chi connectivity index (χ1) is 15.1. The van der Waals surface area contributed by atoms with Crippen molar-refractivity contribution >= 4 is 17.2 Å². The van der Waals surface area contributed by atoms with Gasteiger partial charge in [0.2, 0.25) is 0 Å². The molecule has 2 atom stereocenters. The Labute approximate surface area is 196 Å². The summed E-state index contributed by atoms with van der Waals surface area (Å²) in [5.74, 6) is 0. The molecule has 0 saturated heterocycles. The fourth-order valence-corrected chi connectivity index (χ4v) is 6.30. The maximum Gasteiger partial charge on any atom is 0.157 e. The van der Waals surface area contributed by atoms with Crippen molar-refractivity contribution in [1.29, 1.82) is 0 Å². The summed E-state index contributed by atoms with van der Waals surface area (Å²) >= 11 is 0. The van der Waals surface area contributed by atoms with Crippen LogP contribution in [0.25, 0.3) is 0 Å². The zero-order valence-corrected chi connectivity index (χ0v) is 22.9. The van der Waals surface area contributed by atoms with E-state index in [1.807, 2.05) is 27.7 Å². The quantitative estimate of drug-likeness (QED) is 0.121. The van der Waals surface area contributed by atoms with E-state index in [1.165, 1.54) is 12.3 Å². The summed E-state index contributed by atoms with van der Waals surface area (Å²) in [6, 6.07) is 0. The van der Waals surface area contributed by atoms with Crippen LogP contribution in [-0.2, 0) is 23.7 Å². The Balaban J connectivity index is 4.38. The molecule has 6 nitrogen and oxygen atoms in total. The van der Waals surface area contributed by atoms with Crippen molar-refractivity contribution in [3.63, 3.8) is 0 Å². The lowest BCUT2D eigenvalue weighted by atomic mass is 9.93. The first kappa shape index (κ1) is 31.6. The molecule has 0 aromatic heterocycles. The highest BCUT2D eigenvalue weighted by molar-refractivity contribution is 7.38. The van der Waals surface area contributed by atoms with Gasteiger partial charge in [0.1, 0.15) is 0 Å². The van der Waals surface area contributed by atoms with Gasteiger partial charge in [0.15, 0.2) is 12.6 Å². The summed E-state index contributed by atoms with van der Waals surface area (Å²) in [4.78, 5) is 0. The average Bonchev–Trinajstić information content (AvgIpc) is 2.74. The van der Waals surface area contributed by atoms with Crippen molar-refractivity contribution < 1.29 is 23.7 Å². The van der Waals surface area contributed by atoms with Crippen molar-refractivity contribution in [2.45, 2.75) is 84.9 Å². The SMILES string of the molecule is CCOC(CCPCCC(CCN)(CCPCCC(OCC)OCC)OCC)OCC. The molecule has 0 aliphatic heterocycles. The molecule has 188 valence electrons. The normalized spacial score (nSPS) is 14.7. The Morgan fingerprint density at radius 2 is 1.03 bits per heavy atom. The van der Waals surface area contributed by atoms with Gasteiger partial charge in [-0.25, -0.2) is 0 Å². The first-order valence-electron chi connectivity index (χ1n) is 12.3. The molecule has 0 fully saturated rings. The largest absolute Gasteiger partial charge is 0.375 e. The van der Waals surface area contributed by atoms with Crippen LogP contribution in [0, 0.1) is 0 Å². The number of hydrogen-bond donors (Lipinski definition) is 1. The molecule has 31 heavy (non-hydrogen) atoms. The second kappa shape index (κ2) is 22.4. The third-order valence-corrected chi connectivity index (χ3v) is 7.58. The van der Waals surface area contributed by atoms with Crippen LogP contribution in [0.5, 0.6) is 0 Å². The van der Waals surface area contributed by atoms with E-state index in [9.17, 15) is 0 Å². The molecule has 2 N–H and O–H groups in total. The summed E-state index contributed by atoms with van der Waals surface area (Å²) in [7, 11) is 1.81. The fraction of sp³-hybridized carbons (Fsp3) is 1.00. The highest BCUT2D eigenvalue weighted by Gasteiger charge is 2.29. The van der Waals surface area contributed by atoms with E-state index in [-0.39, 0.29) is 18.2 Å². The third-order valence-electron chi connectivity index (χ3n) is 5.09. The summed E-state index contributed by atoms with van der Waals surface area (Å²) in [5.41, 5.74) is 5.91. The summed E-state index contributed by atoms with van der Waals surface area (Å²) in [6.07, 6.45) is 9.63. The molecule has 0 saturated carbocycles. The molecule has 0 spiro atoms. The lowest BCUT2D eigenvalue weighted by Gasteiger charge is -2.34. The van der Waals surface area contributed by atoms with Crippen LogP contribution < -0.4 is 5.73 Å². The zero-order valence-electron chi connectivity index (χ0n) is 20.9. The first-order valence-corrected chi connectivity index (χ1v) is 15.2. The molecular formula is C23H51NO5P2. The Morgan fingerprint density at radius 3 is 1.35 bits per heavy atom. The Morgan fingerprint density at radius 1 is 0.613 bits per heavy atom. The van der Waals surface area contributed by atoms with Crippen LogP contribution in [0.2, 0.25) is 0 Å². The van der Waals surface area contributed by atoms with Gasteiger partial charge in [-0.3, -0.25) is 0 Å². The highest BCUT2D eigenvalue weighted by atomic mass is 31.1. The van der Waals surface area contributed by atoms with Gasteiger partial charge in [-0.15, -0.1) is 17.2 Å². The van der Waals surface area contributed by atoms with Crippen LogP contribution in [-0.4, -0.2) is 82.4 Å². The molecule has 0 heterocycles. The average molecular weight is 484 g/mol. The van der Waals surface area contributed by atoms with E-state index in [0.717, 1.165) is 68.2 Å². The summed E-state index contributed by atoms with van der Waals surface area (Å²) < 4.78 is 28.9. The molecule has 0 aromatic carbocycles. The lowest BCUT2D eigenvalue weighted by molar-refractivity contribution is -0.136. The van der Waals surface area contributed by atoms with Gasteiger partial charge in [0.25, 0.3) is 0 Å². The molecule has 0 bridgehead atoms. The van der Waals surface area contributed by atoms with Gasteiger partial charge in [-0.05, 0) is 85.1 Å². The monoisotopic (exact) mass is 483 g/mol. The van der Waals surface area contributed by atoms with Gasteiger partial charge in [-0.2, -0.15) is 0 Å². The smallest absolute Gasteiger partial charge is 0.157 e. The van der Waals surface area contributed by atoms with Gasteiger partial charge < -0.3 is 29.4 Å². The van der Waals surface area contributed by atoms with Crippen molar-refractivity contribution in [2.75, 3.05) is 64.2 Å². The van der Waals surface area contributed by atoms with Crippen LogP contribution in [0.15, 0.2) is 0 Å². The zero-order chi connectivity index (χ0) is 23.2. The molecule has 8 heteroatoms. The Kier molecular flexibility index (Phi) is 22.9.